The van der Waals surface area contributed by atoms with Gasteiger partial charge in [-0.25, -0.2) is 0 Å². The number of rotatable bonds is 3. The molecule has 3 nitrogen and oxygen atoms in total. The number of pyridine rings is 1. The Morgan fingerprint density at radius 2 is 2.18 bits per heavy atom. The summed E-state index contributed by atoms with van der Waals surface area (Å²) in [5.41, 5.74) is 8.44. The minimum Gasteiger partial charge on any atom is -0.486 e. The van der Waals surface area contributed by atoms with E-state index in [2.05, 4.69) is 20.9 Å². The van der Waals surface area contributed by atoms with Gasteiger partial charge >= 0.3 is 0 Å². The molecule has 17 heavy (non-hydrogen) atoms. The predicted octanol–water partition coefficient (Wildman–Crippen LogP) is 3.31. The van der Waals surface area contributed by atoms with Gasteiger partial charge in [-0.15, -0.1) is 0 Å². The van der Waals surface area contributed by atoms with Gasteiger partial charge in [-0.3, -0.25) is 4.98 Å². The maximum absolute atomic E-state index is 5.71. The molecule has 0 saturated carbocycles. The molecule has 0 radical (unpaired) electrons. The van der Waals surface area contributed by atoms with Gasteiger partial charge in [0.1, 0.15) is 12.4 Å². The van der Waals surface area contributed by atoms with Crippen molar-refractivity contribution < 1.29 is 4.74 Å². The van der Waals surface area contributed by atoms with Crippen LogP contribution in [0.2, 0.25) is 0 Å². The average molecular weight is 293 g/mol. The number of hydrogen-bond donors (Lipinski definition) is 1. The maximum atomic E-state index is 5.71. The zero-order chi connectivity index (χ0) is 12.3. The van der Waals surface area contributed by atoms with Gasteiger partial charge in [0, 0.05) is 18.0 Å². The highest BCUT2D eigenvalue weighted by atomic mass is 79.9. The van der Waals surface area contributed by atoms with Gasteiger partial charge in [0.2, 0.25) is 0 Å². The molecule has 0 aliphatic carbocycles. The smallest absolute Gasteiger partial charge is 0.136 e. The van der Waals surface area contributed by atoms with Crippen molar-refractivity contribution in [1.29, 1.82) is 0 Å². The van der Waals surface area contributed by atoms with Gasteiger partial charge < -0.3 is 10.5 Å². The monoisotopic (exact) mass is 292 g/mol. The van der Waals surface area contributed by atoms with Crippen LogP contribution in [-0.4, -0.2) is 4.98 Å². The second-order valence-corrected chi connectivity index (χ2v) is 4.60. The van der Waals surface area contributed by atoms with E-state index in [1.165, 1.54) is 0 Å². The number of hydrogen-bond acceptors (Lipinski definition) is 3. The van der Waals surface area contributed by atoms with E-state index in [0.29, 0.717) is 12.3 Å². The largest absolute Gasteiger partial charge is 0.486 e. The first-order chi connectivity index (χ1) is 8.16. The lowest BCUT2D eigenvalue weighted by Crippen LogP contribution is -2.01. The molecule has 1 aromatic carbocycles. The van der Waals surface area contributed by atoms with Crippen LogP contribution in [-0.2, 0) is 6.61 Å². The van der Waals surface area contributed by atoms with Crippen molar-refractivity contribution in [3.05, 3.63) is 52.3 Å². The van der Waals surface area contributed by atoms with Crippen LogP contribution in [0.3, 0.4) is 0 Å². The summed E-state index contributed by atoms with van der Waals surface area (Å²) in [4.78, 5) is 4.27. The average Bonchev–Trinajstić information content (AvgIpc) is 2.32. The van der Waals surface area contributed by atoms with E-state index in [1.54, 1.807) is 12.3 Å². The lowest BCUT2D eigenvalue weighted by molar-refractivity contribution is 0.298. The fraction of sp³-hybridized carbons (Fsp3) is 0.154. The van der Waals surface area contributed by atoms with Crippen molar-refractivity contribution >= 4 is 21.6 Å². The molecule has 2 rings (SSSR count). The lowest BCUT2D eigenvalue weighted by Gasteiger charge is -2.09. The van der Waals surface area contributed by atoms with Gasteiger partial charge in [0.15, 0.2) is 0 Å². The van der Waals surface area contributed by atoms with Crippen LogP contribution in [0, 0.1) is 6.92 Å². The highest BCUT2D eigenvalue weighted by Gasteiger charge is 2.04. The molecule has 0 aliphatic heterocycles. The van der Waals surface area contributed by atoms with Crippen LogP contribution in [0.25, 0.3) is 0 Å². The van der Waals surface area contributed by atoms with E-state index in [9.17, 15) is 0 Å². The summed E-state index contributed by atoms with van der Waals surface area (Å²) in [6.45, 7) is 2.45. The Kier molecular flexibility index (Phi) is 3.64. The Morgan fingerprint density at radius 1 is 1.35 bits per heavy atom. The molecule has 0 unspecified atom stereocenters. The van der Waals surface area contributed by atoms with Gasteiger partial charge in [0.05, 0.1) is 10.2 Å². The second kappa shape index (κ2) is 5.19. The third-order valence-corrected chi connectivity index (χ3v) is 3.09. The van der Waals surface area contributed by atoms with E-state index in [0.717, 1.165) is 21.5 Å². The molecule has 0 atom stereocenters. The molecule has 0 amide bonds. The van der Waals surface area contributed by atoms with Crippen LogP contribution >= 0.6 is 15.9 Å². The van der Waals surface area contributed by atoms with Gasteiger partial charge in [0.25, 0.3) is 0 Å². The number of aryl methyl sites for hydroxylation is 1. The van der Waals surface area contributed by atoms with Crippen molar-refractivity contribution in [2.75, 3.05) is 5.73 Å². The number of halogens is 1. The molecule has 4 heteroatoms. The highest BCUT2D eigenvalue weighted by molar-refractivity contribution is 9.10. The number of anilines is 1. The standard InChI is InChI=1S/C13H13BrN2O/c1-9-3-2-6-16-12(9)8-17-13-7-10(15)4-5-11(13)14/h2-7H,8,15H2,1H3. The summed E-state index contributed by atoms with van der Waals surface area (Å²) in [5, 5.41) is 0. The van der Waals surface area contributed by atoms with Crippen LogP contribution in [0.15, 0.2) is 41.0 Å². The SMILES string of the molecule is Cc1cccnc1COc1cc(N)ccc1Br. The molecule has 1 aromatic heterocycles. The molecule has 1 heterocycles. The van der Waals surface area contributed by atoms with Gasteiger partial charge in [-0.1, -0.05) is 6.07 Å². The molecule has 0 spiro atoms. The number of ether oxygens (including phenoxy) is 1. The first-order valence-corrected chi connectivity index (χ1v) is 6.04. The Morgan fingerprint density at radius 3 is 2.94 bits per heavy atom. The van der Waals surface area contributed by atoms with Crippen LogP contribution in [0.5, 0.6) is 5.75 Å². The summed E-state index contributed by atoms with van der Waals surface area (Å²) in [6, 6.07) is 9.41. The van der Waals surface area contributed by atoms with Crippen LogP contribution in [0.1, 0.15) is 11.3 Å². The lowest BCUT2D eigenvalue weighted by atomic mass is 10.2. The molecule has 0 saturated heterocycles. The number of benzene rings is 1. The van der Waals surface area contributed by atoms with Gasteiger partial charge in [-0.05, 0) is 46.6 Å². The maximum Gasteiger partial charge on any atom is 0.136 e. The fourth-order valence-corrected chi connectivity index (χ4v) is 1.81. The first-order valence-electron chi connectivity index (χ1n) is 5.25. The Labute approximate surface area is 109 Å². The number of aromatic nitrogens is 1. The third kappa shape index (κ3) is 2.97. The minimum absolute atomic E-state index is 0.439. The molecular weight excluding hydrogens is 280 g/mol. The number of nitrogens with zero attached hydrogens (tertiary/aromatic N) is 1. The molecule has 88 valence electrons. The first kappa shape index (κ1) is 11.9. The molecule has 0 aliphatic rings. The Bertz CT molecular complexity index is 529. The predicted molar refractivity (Wildman–Crippen MR) is 71.9 cm³/mol. The van der Waals surface area contributed by atoms with Crippen molar-refractivity contribution in [2.45, 2.75) is 13.5 Å². The van der Waals surface area contributed by atoms with E-state index in [1.807, 2.05) is 31.2 Å². The summed E-state index contributed by atoms with van der Waals surface area (Å²) >= 11 is 3.42. The zero-order valence-electron chi connectivity index (χ0n) is 9.48. The number of nitrogens with two attached hydrogens (primary N) is 1. The molecule has 0 fully saturated rings. The molecule has 0 bridgehead atoms. The molecular formula is C13H13BrN2O. The molecule has 2 aromatic rings. The van der Waals surface area contributed by atoms with Crippen LogP contribution < -0.4 is 10.5 Å². The van der Waals surface area contributed by atoms with Crippen LogP contribution in [0.4, 0.5) is 5.69 Å². The Hall–Kier alpha value is -1.55. The van der Waals surface area contributed by atoms with E-state index >= 15 is 0 Å². The van der Waals surface area contributed by atoms with Crippen molar-refractivity contribution in [3.8, 4) is 5.75 Å². The topological polar surface area (TPSA) is 48.1 Å². The molecule has 2 N–H and O–H groups in total. The van der Waals surface area contributed by atoms with Crippen molar-refractivity contribution in [3.63, 3.8) is 0 Å². The van der Waals surface area contributed by atoms with Crippen molar-refractivity contribution in [2.24, 2.45) is 0 Å². The second-order valence-electron chi connectivity index (χ2n) is 3.75. The summed E-state index contributed by atoms with van der Waals surface area (Å²) < 4.78 is 6.58. The zero-order valence-corrected chi connectivity index (χ0v) is 11.1. The normalized spacial score (nSPS) is 10.2. The fourth-order valence-electron chi connectivity index (χ4n) is 1.45. The summed E-state index contributed by atoms with van der Waals surface area (Å²) in [5.74, 6) is 0.732. The summed E-state index contributed by atoms with van der Waals surface area (Å²) in [7, 11) is 0. The van der Waals surface area contributed by atoms with Gasteiger partial charge in [-0.2, -0.15) is 0 Å². The third-order valence-electron chi connectivity index (χ3n) is 2.44. The van der Waals surface area contributed by atoms with E-state index in [-0.39, 0.29) is 0 Å². The Balaban J connectivity index is 2.12. The van der Waals surface area contributed by atoms with Crippen molar-refractivity contribution in [1.82, 2.24) is 4.98 Å². The minimum atomic E-state index is 0.439. The van der Waals surface area contributed by atoms with E-state index < -0.39 is 0 Å². The quantitative estimate of drug-likeness (QED) is 0.883. The highest BCUT2D eigenvalue weighted by Crippen LogP contribution is 2.27. The number of nitrogen functional groups attached to an aromatic ring is 1. The summed E-state index contributed by atoms with van der Waals surface area (Å²) in [6.07, 6.45) is 1.76. The van der Waals surface area contributed by atoms with E-state index in [4.69, 9.17) is 10.5 Å².